The Hall–Kier alpha value is -1.42. The van der Waals surface area contributed by atoms with E-state index in [1.165, 1.54) is 18.3 Å². The highest BCUT2D eigenvalue weighted by Crippen LogP contribution is 2.63. The first-order valence-corrected chi connectivity index (χ1v) is 9.44. The molecule has 0 aliphatic heterocycles. The van der Waals surface area contributed by atoms with Crippen molar-refractivity contribution in [2.75, 3.05) is 7.11 Å². The number of hydrogen-bond donors (Lipinski definition) is 1. The quantitative estimate of drug-likeness (QED) is 0.482. The summed E-state index contributed by atoms with van der Waals surface area (Å²) in [5.74, 6) is 0.338. The van der Waals surface area contributed by atoms with Crippen LogP contribution in [0.25, 0.3) is 0 Å². The predicted octanol–water partition coefficient (Wildman–Crippen LogP) is 3.59. The van der Waals surface area contributed by atoms with Gasteiger partial charge in [-0.25, -0.2) is 0 Å². The van der Waals surface area contributed by atoms with Crippen LogP contribution >= 0.6 is 0 Å². The largest absolute Gasteiger partial charge is 0.468 e. The van der Waals surface area contributed by atoms with Gasteiger partial charge in [0.1, 0.15) is 6.29 Å². The van der Waals surface area contributed by atoms with Crippen molar-refractivity contribution < 1.29 is 19.4 Å². The number of hydrogen-bond acceptors (Lipinski definition) is 4. The van der Waals surface area contributed by atoms with Gasteiger partial charge in [0, 0.05) is 11.8 Å². The molecule has 1 unspecified atom stereocenters. The maximum atomic E-state index is 12.8. The second-order valence-electron chi connectivity index (χ2n) is 8.58. The maximum Gasteiger partial charge on any atom is 0.315 e. The molecule has 1 N–H and O–H groups in total. The van der Waals surface area contributed by atoms with Crippen LogP contribution < -0.4 is 0 Å². The van der Waals surface area contributed by atoms with Gasteiger partial charge in [-0.05, 0) is 55.1 Å². The lowest BCUT2D eigenvalue weighted by molar-refractivity contribution is -0.154. The van der Waals surface area contributed by atoms with Crippen molar-refractivity contribution in [1.29, 1.82) is 0 Å². The summed E-state index contributed by atoms with van der Waals surface area (Å²) in [6, 6.07) is 0. The van der Waals surface area contributed by atoms with E-state index in [0.717, 1.165) is 32.0 Å². The van der Waals surface area contributed by atoms with Crippen LogP contribution in [0.1, 0.15) is 59.3 Å². The standard InChI is InChI=1S/C21H30O4/c1-13(2)15-7-8-21(19(24)25-4)10-9-20(3)16(18(15)21)6-5-14(12-22)11-17(20)23/h5,12-13,16-17,23H,6-11H2,1-4H3/t16-,17?,20-,21+/m1/s1. The number of ether oxygens (including phenoxy) is 1. The van der Waals surface area contributed by atoms with E-state index in [4.69, 9.17) is 4.74 Å². The van der Waals surface area contributed by atoms with Gasteiger partial charge in [-0.2, -0.15) is 0 Å². The molecule has 3 aliphatic rings. The molecular formula is C21H30O4. The maximum absolute atomic E-state index is 12.8. The second-order valence-corrected chi connectivity index (χ2v) is 8.58. The smallest absolute Gasteiger partial charge is 0.315 e. The molecule has 0 saturated heterocycles. The first-order chi connectivity index (χ1) is 11.8. The molecule has 0 bridgehead atoms. The lowest BCUT2D eigenvalue weighted by Crippen LogP contribution is -2.50. The molecule has 3 aliphatic carbocycles. The van der Waals surface area contributed by atoms with Crippen molar-refractivity contribution in [3.63, 3.8) is 0 Å². The van der Waals surface area contributed by atoms with Gasteiger partial charge in [0.05, 0.1) is 18.6 Å². The zero-order valence-electron chi connectivity index (χ0n) is 15.8. The molecule has 0 amide bonds. The van der Waals surface area contributed by atoms with Crippen LogP contribution in [0.2, 0.25) is 0 Å². The zero-order valence-corrected chi connectivity index (χ0v) is 15.8. The topological polar surface area (TPSA) is 63.6 Å². The molecule has 0 heterocycles. The fourth-order valence-electron chi connectivity index (χ4n) is 5.53. The van der Waals surface area contributed by atoms with Crippen LogP contribution in [0.5, 0.6) is 0 Å². The summed E-state index contributed by atoms with van der Waals surface area (Å²) < 4.78 is 5.23. The van der Waals surface area contributed by atoms with Crippen LogP contribution in [0.3, 0.4) is 0 Å². The fourth-order valence-corrected chi connectivity index (χ4v) is 5.53. The van der Waals surface area contributed by atoms with Crippen molar-refractivity contribution in [3.8, 4) is 0 Å². The lowest BCUT2D eigenvalue weighted by Gasteiger charge is -2.51. The Morgan fingerprint density at radius 3 is 2.68 bits per heavy atom. The summed E-state index contributed by atoms with van der Waals surface area (Å²) in [6.07, 6.45) is 6.65. The Balaban J connectivity index is 2.16. The lowest BCUT2D eigenvalue weighted by atomic mass is 9.53. The van der Waals surface area contributed by atoms with Crippen molar-refractivity contribution >= 4 is 12.3 Å². The average molecular weight is 346 g/mol. The number of fused-ring (bicyclic) bond motifs is 3. The molecule has 1 fully saturated rings. The van der Waals surface area contributed by atoms with Gasteiger partial charge >= 0.3 is 5.97 Å². The summed E-state index contributed by atoms with van der Waals surface area (Å²) in [5.41, 5.74) is 2.41. The minimum absolute atomic E-state index is 0.0905. The van der Waals surface area contributed by atoms with Gasteiger partial charge in [-0.1, -0.05) is 32.4 Å². The number of aliphatic hydroxyl groups is 1. The van der Waals surface area contributed by atoms with Crippen molar-refractivity contribution in [2.24, 2.45) is 22.7 Å². The molecule has 4 nitrogen and oxygen atoms in total. The molecule has 3 rings (SSSR count). The monoisotopic (exact) mass is 346 g/mol. The average Bonchev–Trinajstić information content (AvgIpc) is 2.94. The van der Waals surface area contributed by atoms with Crippen molar-refractivity contribution in [2.45, 2.75) is 65.4 Å². The van der Waals surface area contributed by atoms with Gasteiger partial charge in [-0.15, -0.1) is 0 Å². The Kier molecular flexibility index (Phi) is 4.69. The number of aliphatic hydroxyl groups excluding tert-OH is 1. The normalized spacial score (nSPS) is 37.9. The van der Waals surface area contributed by atoms with E-state index in [9.17, 15) is 14.7 Å². The van der Waals surface area contributed by atoms with Crippen LogP contribution in [-0.2, 0) is 14.3 Å². The highest BCUT2D eigenvalue weighted by molar-refractivity contribution is 5.82. The summed E-state index contributed by atoms with van der Waals surface area (Å²) in [7, 11) is 1.47. The number of esters is 1. The Labute approximate surface area is 150 Å². The minimum Gasteiger partial charge on any atom is -0.468 e. The number of carbonyl (C=O) groups is 2. The predicted molar refractivity (Wildman–Crippen MR) is 95.8 cm³/mol. The molecule has 0 radical (unpaired) electrons. The van der Waals surface area contributed by atoms with E-state index < -0.39 is 11.5 Å². The third-order valence-corrected chi connectivity index (χ3v) is 7.15. The highest BCUT2D eigenvalue weighted by atomic mass is 16.5. The number of methoxy groups -OCH3 is 1. The number of carbonyl (C=O) groups excluding carboxylic acids is 2. The van der Waals surface area contributed by atoms with Gasteiger partial charge in [0.2, 0.25) is 0 Å². The number of rotatable bonds is 3. The van der Waals surface area contributed by atoms with Gasteiger partial charge in [0.25, 0.3) is 0 Å². The molecule has 1 saturated carbocycles. The third-order valence-electron chi connectivity index (χ3n) is 7.15. The van der Waals surface area contributed by atoms with E-state index >= 15 is 0 Å². The molecule has 0 spiro atoms. The molecule has 4 heteroatoms. The first-order valence-electron chi connectivity index (χ1n) is 9.44. The number of allylic oxidation sites excluding steroid dienone is 2. The summed E-state index contributed by atoms with van der Waals surface area (Å²) in [5, 5.41) is 10.9. The van der Waals surface area contributed by atoms with Crippen molar-refractivity contribution in [1.82, 2.24) is 0 Å². The SMILES string of the molecule is COC(=O)[C@]12CCC(C(C)C)=C1[C@H]1CC=C(C=O)CC(O)[C@]1(C)CC2. The molecule has 0 aromatic rings. The molecule has 138 valence electrons. The van der Waals surface area contributed by atoms with E-state index in [0.29, 0.717) is 24.3 Å². The third kappa shape index (κ3) is 2.61. The van der Waals surface area contributed by atoms with Gasteiger partial charge < -0.3 is 9.84 Å². The van der Waals surface area contributed by atoms with Crippen LogP contribution in [0, 0.1) is 22.7 Å². The number of aldehydes is 1. The summed E-state index contributed by atoms with van der Waals surface area (Å²) in [4.78, 5) is 24.1. The van der Waals surface area contributed by atoms with E-state index in [2.05, 4.69) is 20.8 Å². The van der Waals surface area contributed by atoms with Gasteiger partial charge in [-0.3, -0.25) is 9.59 Å². The zero-order chi connectivity index (χ0) is 18.4. The molecule has 0 aromatic heterocycles. The first kappa shape index (κ1) is 18.4. The van der Waals surface area contributed by atoms with E-state index in [1.807, 2.05) is 6.08 Å². The van der Waals surface area contributed by atoms with E-state index in [1.54, 1.807) is 0 Å². The Bertz CT molecular complexity index is 644. The van der Waals surface area contributed by atoms with E-state index in [-0.39, 0.29) is 17.3 Å². The molecular weight excluding hydrogens is 316 g/mol. The van der Waals surface area contributed by atoms with Crippen LogP contribution in [-0.4, -0.2) is 30.6 Å². The molecule has 0 aromatic carbocycles. The summed E-state index contributed by atoms with van der Waals surface area (Å²) in [6.45, 7) is 6.50. The summed E-state index contributed by atoms with van der Waals surface area (Å²) >= 11 is 0. The Morgan fingerprint density at radius 1 is 1.36 bits per heavy atom. The van der Waals surface area contributed by atoms with Crippen LogP contribution in [0.4, 0.5) is 0 Å². The second kappa shape index (κ2) is 6.39. The van der Waals surface area contributed by atoms with Gasteiger partial charge in [0.15, 0.2) is 0 Å². The minimum atomic E-state index is -0.561. The van der Waals surface area contributed by atoms with Crippen LogP contribution in [0.15, 0.2) is 22.8 Å². The van der Waals surface area contributed by atoms with Crippen molar-refractivity contribution in [3.05, 3.63) is 22.8 Å². The molecule has 4 atom stereocenters. The Morgan fingerprint density at radius 2 is 2.08 bits per heavy atom. The fraction of sp³-hybridized carbons (Fsp3) is 0.714. The molecule has 25 heavy (non-hydrogen) atoms. The highest BCUT2D eigenvalue weighted by Gasteiger charge is 2.59.